The SMILES string of the molecule is CC(C)N1Cc2cc(Br)ccc2CC1=O. The predicted octanol–water partition coefficient (Wildman–Crippen LogP) is 2.74. The summed E-state index contributed by atoms with van der Waals surface area (Å²) >= 11 is 3.46. The molecule has 0 aliphatic carbocycles. The standard InChI is InChI=1S/C12H14BrNO/c1-8(2)14-7-10-5-11(13)4-3-9(10)6-12(14)15/h3-5,8H,6-7H2,1-2H3. The van der Waals surface area contributed by atoms with Crippen LogP contribution in [0.2, 0.25) is 0 Å². The summed E-state index contributed by atoms with van der Waals surface area (Å²) in [5.41, 5.74) is 2.43. The highest BCUT2D eigenvalue weighted by atomic mass is 79.9. The van der Waals surface area contributed by atoms with Gasteiger partial charge in [-0.15, -0.1) is 0 Å². The van der Waals surface area contributed by atoms with Crippen LogP contribution in [0.4, 0.5) is 0 Å². The molecule has 2 nitrogen and oxygen atoms in total. The minimum absolute atomic E-state index is 0.236. The van der Waals surface area contributed by atoms with Gasteiger partial charge in [0.25, 0.3) is 0 Å². The smallest absolute Gasteiger partial charge is 0.227 e. The highest BCUT2D eigenvalue weighted by Gasteiger charge is 2.24. The number of nitrogens with zero attached hydrogens (tertiary/aromatic N) is 1. The van der Waals surface area contributed by atoms with Crippen LogP contribution >= 0.6 is 15.9 Å². The van der Waals surface area contributed by atoms with E-state index in [-0.39, 0.29) is 11.9 Å². The van der Waals surface area contributed by atoms with Gasteiger partial charge in [-0.2, -0.15) is 0 Å². The highest BCUT2D eigenvalue weighted by Crippen LogP contribution is 2.24. The van der Waals surface area contributed by atoms with E-state index < -0.39 is 0 Å². The average molecular weight is 268 g/mol. The normalized spacial score (nSPS) is 15.7. The summed E-state index contributed by atoms with van der Waals surface area (Å²) in [6, 6.07) is 6.42. The number of halogens is 1. The fourth-order valence-corrected chi connectivity index (χ4v) is 2.33. The van der Waals surface area contributed by atoms with Gasteiger partial charge in [0, 0.05) is 17.1 Å². The van der Waals surface area contributed by atoms with E-state index in [0.29, 0.717) is 6.42 Å². The van der Waals surface area contributed by atoms with Crippen LogP contribution in [0.5, 0.6) is 0 Å². The van der Waals surface area contributed by atoms with E-state index in [2.05, 4.69) is 35.8 Å². The van der Waals surface area contributed by atoms with Gasteiger partial charge in [-0.1, -0.05) is 22.0 Å². The first-order chi connectivity index (χ1) is 7.08. The molecule has 0 saturated heterocycles. The van der Waals surface area contributed by atoms with Gasteiger partial charge in [0.05, 0.1) is 6.42 Å². The van der Waals surface area contributed by atoms with E-state index in [0.717, 1.165) is 11.0 Å². The Morgan fingerprint density at radius 1 is 1.33 bits per heavy atom. The van der Waals surface area contributed by atoms with Gasteiger partial charge in [0.2, 0.25) is 5.91 Å². The third-order valence-electron chi connectivity index (χ3n) is 2.79. The van der Waals surface area contributed by atoms with E-state index >= 15 is 0 Å². The zero-order chi connectivity index (χ0) is 11.0. The number of amides is 1. The van der Waals surface area contributed by atoms with Gasteiger partial charge < -0.3 is 4.90 Å². The molecule has 1 aromatic carbocycles. The Bertz CT molecular complexity index is 401. The van der Waals surface area contributed by atoms with Crippen LogP contribution in [0.15, 0.2) is 22.7 Å². The lowest BCUT2D eigenvalue weighted by Crippen LogP contribution is -2.40. The fourth-order valence-electron chi connectivity index (χ4n) is 1.92. The second-order valence-electron chi connectivity index (χ2n) is 4.21. The Morgan fingerprint density at radius 3 is 2.73 bits per heavy atom. The molecule has 1 aliphatic rings. The maximum atomic E-state index is 11.8. The molecule has 1 amide bonds. The van der Waals surface area contributed by atoms with Crippen LogP contribution in [0.3, 0.4) is 0 Å². The van der Waals surface area contributed by atoms with Crippen molar-refractivity contribution in [1.29, 1.82) is 0 Å². The molecule has 0 unspecified atom stereocenters. The maximum Gasteiger partial charge on any atom is 0.227 e. The first-order valence-electron chi connectivity index (χ1n) is 5.14. The monoisotopic (exact) mass is 267 g/mol. The molecule has 0 spiro atoms. The van der Waals surface area contributed by atoms with Crippen LogP contribution in [0.25, 0.3) is 0 Å². The summed E-state index contributed by atoms with van der Waals surface area (Å²) in [4.78, 5) is 13.7. The molecule has 0 bridgehead atoms. The zero-order valence-electron chi connectivity index (χ0n) is 8.96. The predicted molar refractivity (Wildman–Crippen MR) is 63.5 cm³/mol. The van der Waals surface area contributed by atoms with Crippen molar-refractivity contribution >= 4 is 21.8 Å². The summed E-state index contributed by atoms with van der Waals surface area (Å²) in [6.07, 6.45) is 0.542. The van der Waals surface area contributed by atoms with Gasteiger partial charge in [-0.05, 0) is 37.1 Å². The van der Waals surface area contributed by atoms with Crippen LogP contribution in [-0.2, 0) is 17.8 Å². The highest BCUT2D eigenvalue weighted by molar-refractivity contribution is 9.10. The summed E-state index contributed by atoms with van der Waals surface area (Å²) in [5.74, 6) is 0.236. The van der Waals surface area contributed by atoms with Gasteiger partial charge in [0.1, 0.15) is 0 Å². The molecule has 0 atom stereocenters. The first-order valence-corrected chi connectivity index (χ1v) is 5.94. The first kappa shape index (κ1) is 10.7. The number of rotatable bonds is 1. The van der Waals surface area contributed by atoms with Gasteiger partial charge in [0.15, 0.2) is 0 Å². The molecule has 0 aromatic heterocycles. The molecule has 1 aromatic rings. The topological polar surface area (TPSA) is 20.3 Å². The Balaban J connectivity index is 2.34. The lowest BCUT2D eigenvalue weighted by atomic mass is 9.98. The minimum atomic E-state index is 0.236. The largest absolute Gasteiger partial charge is 0.336 e. The molecule has 1 aliphatic heterocycles. The van der Waals surface area contributed by atoms with Crippen molar-refractivity contribution in [1.82, 2.24) is 4.90 Å². The number of hydrogen-bond acceptors (Lipinski definition) is 1. The second-order valence-corrected chi connectivity index (χ2v) is 5.12. The van der Waals surface area contributed by atoms with Crippen LogP contribution in [-0.4, -0.2) is 16.8 Å². The van der Waals surface area contributed by atoms with Crippen molar-refractivity contribution in [3.8, 4) is 0 Å². The van der Waals surface area contributed by atoms with Crippen molar-refractivity contribution in [2.24, 2.45) is 0 Å². The molecule has 2 rings (SSSR count). The lowest BCUT2D eigenvalue weighted by Gasteiger charge is -2.32. The Kier molecular flexibility index (Phi) is 2.83. The van der Waals surface area contributed by atoms with Crippen molar-refractivity contribution in [3.05, 3.63) is 33.8 Å². The van der Waals surface area contributed by atoms with Crippen LogP contribution in [0.1, 0.15) is 25.0 Å². The van der Waals surface area contributed by atoms with Crippen molar-refractivity contribution in [2.75, 3.05) is 0 Å². The van der Waals surface area contributed by atoms with E-state index in [1.54, 1.807) is 0 Å². The summed E-state index contributed by atoms with van der Waals surface area (Å²) in [5, 5.41) is 0. The molecule has 15 heavy (non-hydrogen) atoms. The lowest BCUT2D eigenvalue weighted by molar-refractivity contribution is -0.133. The molecule has 0 fully saturated rings. The number of benzene rings is 1. The van der Waals surface area contributed by atoms with Crippen molar-refractivity contribution in [2.45, 2.75) is 32.9 Å². The number of hydrogen-bond donors (Lipinski definition) is 0. The third kappa shape index (κ3) is 2.07. The Morgan fingerprint density at radius 2 is 2.07 bits per heavy atom. The molecule has 80 valence electrons. The van der Waals surface area contributed by atoms with Crippen LogP contribution < -0.4 is 0 Å². The Hall–Kier alpha value is -0.830. The van der Waals surface area contributed by atoms with E-state index in [1.807, 2.05) is 17.0 Å². The minimum Gasteiger partial charge on any atom is -0.336 e. The molecular formula is C12H14BrNO. The zero-order valence-corrected chi connectivity index (χ0v) is 10.5. The van der Waals surface area contributed by atoms with Gasteiger partial charge >= 0.3 is 0 Å². The Labute approximate surface area is 98.4 Å². The number of carbonyl (C=O) groups is 1. The molecule has 0 N–H and O–H groups in total. The van der Waals surface area contributed by atoms with E-state index in [9.17, 15) is 4.79 Å². The fraction of sp³-hybridized carbons (Fsp3) is 0.417. The molecular weight excluding hydrogens is 254 g/mol. The molecule has 0 radical (unpaired) electrons. The van der Waals surface area contributed by atoms with Gasteiger partial charge in [-0.25, -0.2) is 0 Å². The number of fused-ring (bicyclic) bond motifs is 1. The quantitative estimate of drug-likeness (QED) is 0.767. The van der Waals surface area contributed by atoms with Crippen molar-refractivity contribution < 1.29 is 4.79 Å². The second kappa shape index (κ2) is 3.97. The summed E-state index contributed by atoms with van der Waals surface area (Å²) < 4.78 is 1.08. The number of carbonyl (C=O) groups excluding carboxylic acids is 1. The van der Waals surface area contributed by atoms with Gasteiger partial charge in [-0.3, -0.25) is 4.79 Å². The maximum absolute atomic E-state index is 11.8. The summed E-state index contributed by atoms with van der Waals surface area (Å²) in [7, 11) is 0. The van der Waals surface area contributed by atoms with E-state index in [4.69, 9.17) is 0 Å². The molecule has 0 saturated carbocycles. The summed E-state index contributed by atoms with van der Waals surface area (Å²) in [6.45, 7) is 4.85. The third-order valence-corrected chi connectivity index (χ3v) is 3.29. The molecule has 1 heterocycles. The average Bonchev–Trinajstić information content (AvgIpc) is 2.17. The van der Waals surface area contributed by atoms with Crippen LogP contribution in [0, 0.1) is 0 Å². The van der Waals surface area contributed by atoms with E-state index in [1.165, 1.54) is 11.1 Å². The molecule has 3 heteroatoms. The van der Waals surface area contributed by atoms with Crippen molar-refractivity contribution in [3.63, 3.8) is 0 Å².